The normalized spacial score (nSPS) is 15.9. The van der Waals surface area contributed by atoms with Crippen molar-refractivity contribution in [1.29, 1.82) is 0 Å². The molecule has 6 nitrogen and oxygen atoms in total. The molecule has 158 valence electrons. The van der Waals surface area contributed by atoms with Crippen LogP contribution < -0.4 is 4.74 Å². The maximum absolute atomic E-state index is 13.2. The lowest BCUT2D eigenvalue weighted by Crippen LogP contribution is -2.44. The van der Waals surface area contributed by atoms with Crippen LogP contribution in [0.25, 0.3) is 11.4 Å². The Balaban J connectivity index is 1.74. The summed E-state index contributed by atoms with van der Waals surface area (Å²) in [6.07, 6.45) is 6.00. The highest BCUT2D eigenvalue weighted by molar-refractivity contribution is 8.00. The Morgan fingerprint density at radius 2 is 1.90 bits per heavy atom. The molecule has 0 saturated heterocycles. The van der Waals surface area contributed by atoms with Crippen LogP contribution in [0.5, 0.6) is 5.75 Å². The molecule has 1 atom stereocenters. The highest BCUT2D eigenvalue weighted by Crippen LogP contribution is 2.30. The van der Waals surface area contributed by atoms with Gasteiger partial charge >= 0.3 is 0 Å². The second-order valence-electron chi connectivity index (χ2n) is 7.46. The van der Waals surface area contributed by atoms with Gasteiger partial charge in [-0.2, -0.15) is 0 Å². The fourth-order valence-electron chi connectivity index (χ4n) is 4.04. The van der Waals surface area contributed by atoms with Gasteiger partial charge in [-0.15, -0.1) is 10.2 Å². The van der Waals surface area contributed by atoms with Gasteiger partial charge in [0.05, 0.1) is 12.4 Å². The molecule has 0 aliphatic heterocycles. The Morgan fingerprint density at radius 3 is 2.48 bits per heavy atom. The van der Waals surface area contributed by atoms with Crippen LogP contribution in [0.2, 0.25) is 0 Å². The Labute approximate surface area is 178 Å². The summed E-state index contributed by atoms with van der Waals surface area (Å²) < 4.78 is 7.32. The maximum Gasteiger partial charge on any atom is 0.236 e. The van der Waals surface area contributed by atoms with Crippen molar-refractivity contribution < 1.29 is 9.53 Å². The molecule has 0 N–H and O–H groups in total. The maximum atomic E-state index is 13.2. The standard InChI is InChI=1S/C22H32N4O2S/c1-5-25(18-10-8-7-9-11-18)21(27)16(3)29-22-24-23-20(26(22)6-2)17-12-14-19(28-4)15-13-17/h12-16,18H,5-11H2,1-4H3/t16-/m0/s1. The predicted molar refractivity (Wildman–Crippen MR) is 117 cm³/mol. The third-order valence-electron chi connectivity index (χ3n) is 5.65. The zero-order chi connectivity index (χ0) is 20.8. The molecule has 1 aromatic carbocycles. The summed E-state index contributed by atoms with van der Waals surface area (Å²) in [7, 11) is 1.66. The Bertz CT molecular complexity index is 800. The number of thioether (sulfide) groups is 1. The van der Waals surface area contributed by atoms with Gasteiger partial charge in [0, 0.05) is 24.7 Å². The van der Waals surface area contributed by atoms with Crippen LogP contribution in [0.3, 0.4) is 0 Å². The van der Waals surface area contributed by atoms with E-state index < -0.39 is 0 Å². The molecule has 1 fully saturated rings. The van der Waals surface area contributed by atoms with E-state index in [-0.39, 0.29) is 11.2 Å². The second kappa shape index (κ2) is 10.1. The number of methoxy groups -OCH3 is 1. The van der Waals surface area contributed by atoms with Gasteiger partial charge in [-0.25, -0.2) is 0 Å². The van der Waals surface area contributed by atoms with Gasteiger partial charge in [-0.05, 0) is 57.9 Å². The second-order valence-corrected chi connectivity index (χ2v) is 8.76. The van der Waals surface area contributed by atoms with Gasteiger partial charge in [-0.1, -0.05) is 31.0 Å². The Kier molecular flexibility index (Phi) is 7.58. The smallest absolute Gasteiger partial charge is 0.236 e. The fourth-order valence-corrected chi connectivity index (χ4v) is 5.03. The van der Waals surface area contributed by atoms with Crippen molar-refractivity contribution in [1.82, 2.24) is 19.7 Å². The topological polar surface area (TPSA) is 60.3 Å². The van der Waals surface area contributed by atoms with Crippen molar-refractivity contribution >= 4 is 17.7 Å². The summed E-state index contributed by atoms with van der Waals surface area (Å²) in [4.78, 5) is 15.2. The number of aromatic nitrogens is 3. The van der Waals surface area contributed by atoms with Crippen LogP contribution in [-0.2, 0) is 11.3 Å². The molecule has 1 heterocycles. The van der Waals surface area contributed by atoms with E-state index in [0.717, 1.165) is 48.2 Å². The molecule has 1 amide bonds. The molecule has 0 unspecified atom stereocenters. The average Bonchev–Trinajstić information content (AvgIpc) is 3.17. The van der Waals surface area contributed by atoms with Gasteiger partial charge in [0.2, 0.25) is 5.91 Å². The monoisotopic (exact) mass is 416 g/mol. The number of benzene rings is 1. The minimum absolute atomic E-state index is 0.185. The summed E-state index contributed by atoms with van der Waals surface area (Å²) in [5, 5.41) is 9.41. The van der Waals surface area contributed by atoms with Gasteiger partial charge in [0.15, 0.2) is 11.0 Å². The number of rotatable bonds is 8. The SMILES string of the molecule is CCN(C(=O)[C@H](C)Sc1nnc(-c2ccc(OC)cc2)n1CC)C1CCCCC1. The minimum Gasteiger partial charge on any atom is -0.497 e. The van der Waals surface area contributed by atoms with Crippen molar-refractivity contribution in [3.05, 3.63) is 24.3 Å². The zero-order valence-corrected chi connectivity index (χ0v) is 18.7. The van der Waals surface area contributed by atoms with Gasteiger partial charge in [0.25, 0.3) is 0 Å². The van der Waals surface area contributed by atoms with Crippen LogP contribution in [0.1, 0.15) is 52.9 Å². The van der Waals surface area contributed by atoms with Crippen molar-refractivity contribution in [2.24, 2.45) is 0 Å². The first kappa shape index (κ1) is 21.7. The lowest BCUT2D eigenvalue weighted by Gasteiger charge is -2.35. The van der Waals surface area contributed by atoms with Crippen molar-refractivity contribution in [3.8, 4) is 17.1 Å². The quantitative estimate of drug-likeness (QED) is 0.587. The van der Waals surface area contributed by atoms with Crippen LogP contribution in [0.4, 0.5) is 0 Å². The van der Waals surface area contributed by atoms with E-state index in [1.54, 1.807) is 7.11 Å². The number of ether oxygens (including phenoxy) is 1. The molecule has 2 aromatic rings. The molecule has 0 spiro atoms. The first-order valence-corrected chi connectivity index (χ1v) is 11.5. The van der Waals surface area contributed by atoms with Crippen molar-refractivity contribution in [3.63, 3.8) is 0 Å². The summed E-state index contributed by atoms with van der Waals surface area (Å²) in [6, 6.07) is 8.21. The lowest BCUT2D eigenvalue weighted by atomic mass is 9.94. The Morgan fingerprint density at radius 1 is 1.21 bits per heavy atom. The molecule has 1 saturated carbocycles. The van der Waals surface area contributed by atoms with Gasteiger partial charge in [0.1, 0.15) is 5.75 Å². The number of amides is 1. The van der Waals surface area contributed by atoms with Crippen LogP contribution >= 0.6 is 11.8 Å². The van der Waals surface area contributed by atoms with E-state index in [0.29, 0.717) is 6.04 Å². The van der Waals surface area contributed by atoms with Gasteiger partial charge in [-0.3, -0.25) is 4.79 Å². The van der Waals surface area contributed by atoms with E-state index in [1.807, 2.05) is 31.2 Å². The van der Waals surface area contributed by atoms with Gasteiger partial charge < -0.3 is 14.2 Å². The number of nitrogens with zero attached hydrogens (tertiary/aromatic N) is 4. The first-order valence-electron chi connectivity index (χ1n) is 10.6. The number of hydrogen-bond acceptors (Lipinski definition) is 5. The van der Waals surface area contributed by atoms with E-state index in [2.05, 4.69) is 33.5 Å². The molecule has 29 heavy (non-hydrogen) atoms. The summed E-state index contributed by atoms with van der Waals surface area (Å²) in [5.74, 6) is 1.84. The zero-order valence-electron chi connectivity index (χ0n) is 17.9. The Hall–Kier alpha value is -2.02. The number of hydrogen-bond donors (Lipinski definition) is 0. The molecule has 0 radical (unpaired) electrons. The summed E-state index contributed by atoms with van der Waals surface area (Å²) >= 11 is 1.51. The lowest BCUT2D eigenvalue weighted by molar-refractivity contribution is -0.133. The number of carbonyl (C=O) groups is 1. The van der Waals surface area contributed by atoms with E-state index in [4.69, 9.17) is 4.74 Å². The van der Waals surface area contributed by atoms with E-state index in [1.165, 1.54) is 31.0 Å². The molecular formula is C22H32N4O2S. The largest absolute Gasteiger partial charge is 0.497 e. The number of carbonyl (C=O) groups excluding carboxylic acids is 1. The van der Waals surface area contributed by atoms with E-state index >= 15 is 0 Å². The fraction of sp³-hybridized carbons (Fsp3) is 0.591. The minimum atomic E-state index is -0.185. The molecule has 1 aliphatic carbocycles. The van der Waals surface area contributed by atoms with Crippen LogP contribution in [-0.4, -0.2) is 50.5 Å². The predicted octanol–water partition coefficient (Wildman–Crippen LogP) is 4.64. The molecular weight excluding hydrogens is 384 g/mol. The first-order chi connectivity index (χ1) is 14.1. The average molecular weight is 417 g/mol. The molecule has 1 aromatic heterocycles. The molecule has 3 rings (SSSR count). The highest BCUT2D eigenvalue weighted by Gasteiger charge is 2.29. The molecule has 7 heteroatoms. The van der Waals surface area contributed by atoms with E-state index in [9.17, 15) is 4.79 Å². The third-order valence-corrected chi connectivity index (χ3v) is 6.72. The van der Waals surface area contributed by atoms with Crippen LogP contribution in [0, 0.1) is 0 Å². The van der Waals surface area contributed by atoms with Crippen molar-refractivity contribution in [2.45, 2.75) is 75.9 Å². The molecule has 0 bridgehead atoms. The van der Waals surface area contributed by atoms with Crippen LogP contribution in [0.15, 0.2) is 29.4 Å². The summed E-state index contributed by atoms with van der Waals surface area (Å²) in [6.45, 7) is 7.66. The van der Waals surface area contributed by atoms with Crippen molar-refractivity contribution in [2.75, 3.05) is 13.7 Å². The highest BCUT2D eigenvalue weighted by atomic mass is 32.2. The third kappa shape index (κ3) is 4.94. The molecule has 1 aliphatic rings. The summed E-state index contributed by atoms with van der Waals surface area (Å²) in [5.41, 5.74) is 0.989.